The quantitative estimate of drug-likeness (QED) is 0.562. The van der Waals surface area contributed by atoms with E-state index < -0.39 is 12.5 Å². The molecule has 0 radical (unpaired) electrons. The lowest BCUT2D eigenvalue weighted by Crippen LogP contribution is -1.71. The molecule has 0 spiro atoms. The average molecular weight is 286 g/mol. The maximum absolute atomic E-state index is 11.9. The smallest absolute Gasteiger partial charge is 0.141 e. The molecule has 3 heteroatoms. The zero-order chi connectivity index (χ0) is 16.2. The highest BCUT2D eigenvalue weighted by atomic mass is 19.2. The fourth-order valence-corrected chi connectivity index (χ4v) is 0.698. The number of rotatable bonds is 3. The Kier molecular flexibility index (Phi) is 26.1. The minimum absolute atomic E-state index is 0.178. The van der Waals surface area contributed by atoms with Crippen molar-refractivity contribution in [2.75, 3.05) is 6.67 Å². The van der Waals surface area contributed by atoms with Crippen LogP contribution < -0.4 is 0 Å². The molecule has 20 heavy (non-hydrogen) atoms. The van der Waals surface area contributed by atoms with Gasteiger partial charge in [0.2, 0.25) is 0 Å². The molecule has 0 fully saturated rings. The van der Waals surface area contributed by atoms with E-state index in [0.29, 0.717) is 0 Å². The number of halogens is 3. The number of alkyl halides is 1. The first-order valence-corrected chi connectivity index (χ1v) is 6.61. The second kappa shape index (κ2) is 22.4. The van der Waals surface area contributed by atoms with Gasteiger partial charge in [0.25, 0.3) is 0 Å². The van der Waals surface area contributed by atoms with Crippen LogP contribution in [-0.4, -0.2) is 6.67 Å². The Bertz CT molecular complexity index is 341. The molecule has 1 aromatic rings. The van der Waals surface area contributed by atoms with E-state index in [0.717, 1.165) is 6.08 Å². The SMILES string of the molecule is C=C/C=C\C=C(\F)CF.CC.CC.Fc1ccccc1. The summed E-state index contributed by atoms with van der Waals surface area (Å²) in [6.45, 7) is 10.3. The Morgan fingerprint density at radius 2 is 1.55 bits per heavy atom. The van der Waals surface area contributed by atoms with Crippen molar-refractivity contribution in [2.24, 2.45) is 0 Å². The van der Waals surface area contributed by atoms with Crippen molar-refractivity contribution in [1.29, 1.82) is 0 Å². The molecule has 0 N–H and O–H groups in total. The second-order valence-corrected chi connectivity index (χ2v) is 2.66. The summed E-state index contributed by atoms with van der Waals surface area (Å²) in [4.78, 5) is 0. The molecule has 114 valence electrons. The van der Waals surface area contributed by atoms with Gasteiger partial charge in [-0.15, -0.1) is 0 Å². The molecule has 0 aromatic heterocycles. The van der Waals surface area contributed by atoms with E-state index in [4.69, 9.17) is 0 Å². The summed E-state index contributed by atoms with van der Waals surface area (Å²) in [6, 6.07) is 7.94. The third-order valence-electron chi connectivity index (χ3n) is 1.39. The number of hydrogen-bond donors (Lipinski definition) is 0. The lowest BCUT2D eigenvalue weighted by molar-refractivity contribution is 0.459. The molecule has 0 saturated heterocycles. The summed E-state index contributed by atoms with van der Waals surface area (Å²) in [6.07, 6.45) is 5.46. The zero-order valence-corrected chi connectivity index (χ0v) is 12.7. The van der Waals surface area contributed by atoms with Gasteiger partial charge >= 0.3 is 0 Å². The first-order valence-electron chi connectivity index (χ1n) is 6.61. The Hall–Kier alpha value is -1.77. The van der Waals surface area contributed by atoms with Gasteiger partial charge in [-0.25, -0.2) is 13.2 Å². The Morgan fingerprint density at radius 1 is 1.05 bits per heavy atom. The lowest BCUT2D eigenvalue weighted by Gasteiger charge is -1.79. The van der Waals surface area contributed by atoms with Gasteiger partial charge in [0.05, 0.1) is 0 Å². The van der Waals surface area contributed by atoms with Gasteiger partial charge in [-0.3, -0.25) is 0 Å². The van der Waals surface area contributed by atoms with Crippen LogP contribution in [0.3, 0.4) is 0 Å². The van der Waals surface area contributed by atoms with Crippen LogP contribution in [0.1, 0.15) is 27.7 Å². The molecular weight excluding hydrogens is 261 g/mol. The zero-order valence-electron chi connectivity index (χ0n) is 12.7. The van der Waals surface area contributed by atoms with Crippen LogP contribution in [0, 0.1) is 5.82 Å². The van der Waals surface area contributed by atoms with Gasteiger partial charge in [-0.1, -0.05) is 70.7 Å². The topological polar surface area (TPSA) is 0 Å². The fourth-order valence-electron chi connectivity index (χ4n) is 0.698. The van der Waals surface area contributed by atoms with Crippen molar-refractivity contribution in [3.8, 4) is 0 Å². The van der Waals surface area contributed by atoms with E-state index in [-0.39, 0.29) is 5.82 Å². The molecule has 0 aliphatic heterocycles. The summed E-state index contributed by atoms with van der Waals surface area (Å²) >= 11 is 0. The minimum Gasteiger partial charge on any atom is -0.243 e. The van der Waals surface area contributed by atoms with E-state index in [1.165, 1.54) is 30.4 Å². The van der Waals surface area contributed by atoms with Crippen LogP contribution in [0.4, 0.5) is 13.2 Å². The van der Waals surface area contributed by atoms with E-state index >= 15 is 0 Å². The molecule has 0 heterocycles. The van der Waals surface area contributed by atoms with Crippen molar-refractivity contribution >= 4 is 0 Å². The van der Waals surface area contributed by atoms with Crippen LogP contribution >= 0.6 is 0 Å². The van der Waals surface area contributed by atoms with Crippen LogP contribution in [0.2, 0.25) is 0 Å². The van der Waals surface area contributed by atoms with E-state index in [1.54, 1.807) is 18.2 Å². The molecule has 0 unspecified atom stereocenters. The fraction of sp³-hybridized carbons (Fsp3) is 0.294. The van der Waals surface area contributed by atoms with Crippen molar-refractivity contribution in [3.63, 3.8) is 0 Å². The van der Waals surface area contributed by atoms with Gasteiger partial charge in [0, 0.05) is 0 Å². The number of hydrogen-bond acceptors (Lipinski definition) is 0. The van der Waals surface area contributed by atoms with Gasteiger partial charge in [-0.2, -0.15) is 0 Å². The standard InChI is InChI=1S/C7H8F2.C6H5F.2C2H6/c1-2-3-4-5-7(9)6-8;7-6-4-2-1-3-5-6;2*1-2/h2-5H,1,6H2;1-5H;2*1-2H3/b4-3-,7-5+;;;. The van der Waals surface area contributed by atoms with E-state index in [9.17, 15) is 13.2 Å². The molecule has 1 aromatic carbocycles. The lowest BCUT2D eigenvalue weighted by atomic mass is 10.4. The molecule has 0 atom stereocenters. The largest absolute Gasteiger partial charge is 0.243 e. The third-order valence-corrected chi connectivity index (χ3v) is 1.39. The highest BCUT2D eigenvalue weighted by molar-refractivity contribution is 5.11. The first kappa shape index (κ1) is 23.3. The van der Waals surface area contributed by atoms with Crippen molar-refractivity contribution in [2.45, 2.75) is 27.7 Å². The maximum Gasteiger partial charge on any atom is 0.141 e. The van der Waals surface area contributed by atoms with Crippen molar-refractivity contribution < 1.29 is 13.2 Å². The summed E-state index contributed by atoms with van der Waals surface area (Å²) in [5.41, 5.74) is 0. The van der Waals surface area contributed by atoms with Gasteiger partial charge in [-0.05, 0) is 18.2 Å². The highest BCUT2D eigenvalue weighted by Crippen LogP contribution is 1.95. The molecule has 0 saturated carbocycles. The molecule has 0 aliphatic carbocycles. The number of benzene rings is 1. The molecular formula is C17H25F3. The van der Waals surface area contributed by atoms with Crippen molar-refractivity contribution in [3.05, 3.63) is 72.9 Å². The van der Waals surface area contributed by atoms with Gasteiger partial charge in [0.15, 0.2) is 0 Å². The van der Waals surface area contributed by atoms with Crippen LogP contribution in [0.25, 0.3) is 0 Å². The van der Waals surface area contributed by atoms with Crippen LogP contribution in [0.15, 0.2) is 67.0 Å². The molecule has 1 rings (SSSR count). The predicted molar refractivity (Wildman–Crippen MR) is 83.6 cm³/mol. The van der Waals surface area contributed by atoms with Crippen molar-refractivity contribution in [1.82, 2.24) is 0 Å². The summed E-state index contributed by atoms with van der Waals surface area (Å²) in [5.74, 6) is -0.949. The molecule has 0 amide bonds. The average Bonchev–Trinajstić information content (AvgIpc) is 2.53. The maximum atomic E-state index is 11.9. The summed E-state index contributed by atoms with van der Waals surface area (Å²) < 4.78 is 35.1. The minimum atomic E-state index is -1.04. The first-order chi connectivity index (χ1) is 9.70. The van der Waals surface area contributed by atoms with Crippen LogP contribution in [-0.2, 0) is 0 Å². The van der Waals surface area contributed by atoms with Gasteiger partial charge < -0.3 is 0 Å². The predicted octanol–water partition coefficient (Wildman–Crippen LogP) is 6.43. The molecule has 0 bridgehead atoms. The Morgan fingerprint density at radius 3 is 1.85 bits per heavy atom. The monoisotopic (exact) mass is 286 g/mol. The van der Waals surface area contributed by atoms with E-state index in [2.05, 4.69) is 6.58 Å². The van der Waals surface area contributed by atoms with Gasteiger partial charge in [0.1, 0.15) is 18.3 Å². The summed E-state index contributed by atoms with van der Waals surface area (Å²) in [7, 11) is 0. The Balaban J connectivity index is -0.000000234. The normalized spacial score (nSPS) is 9.25. The summed E-state index contributed by atoms with van der Waals surface area (Å²) in [5, 5.41) is 0. The second-order valence-electron chi connectivity index (χ2n) is 2.66. The van der Waals surface area contributed by atoms with E-state index in [1.807, 2.05) is 27.7 Å². The number of allylic oxidation sites excluding steroid dienone is 5. The molecule has 0 aliphatic rings. The Labute approximate surface area is 121 Å². The van der Waals surface area contributed by atoms with Crippen LogP contribution in [0.5, 0.6) is 0 Å². The molecule has 0 nitrogen and oxygen atoms in total. The highest BCUT2D eigenvalue weighted by Gasteiger charge is 1.85. The third kappa shape index (κ3) is 21.5.